The summed E-state index contributed by atoms with van der Waals surface area (Å²) in [5, 5.41) is 16.4. The number of Topliss-reactive ketones (excluding diaryl/α,β-unsaturated/α-hetero) is 1. The Morgan fingerprint density at radius 3 is 2.95 bits per heavy atom. The number of hydrogen-bond donors (Lipinski definition) is 2. The highest BCUT2D eigenvalue weighted by Gasteiger charge is 2.22. The number of anilines is 2. The highest BCUT2D eigenvalue weighted by atomic mass is 32.1. The number of ketones is 1. The Morgan fingerprint density at radius 1 is 1.65 bits per heavy atom. The molecule has 0 saturated carbocycles. The van der Waals surface area contributed by atoms with Crippen molar-refractivity contribution in [1.29, 1.82) is 5.26 Å². The van der Waals surface area contributed by atoms with Crippen molar-refractivity contribution in [2.45, 2.75) is 20.4 Å². The van der Waals surface area contributed by atoms with Gasteiger partial charge in [0.05, 0.1) is 17.1 Å². The average Bonchev–Trinajstić information content (AvgIpc) is 3.03. The number of thiophene rings is 1. The smallest absolute Gasteiger partial charge is 0.213 e. The standard InChI is InChI=1S/C12H13N5O2S/c1-6(2)10(18)11-9(14)7(3-13)12(20-11)15-4-8-16-5-19-17-8/h5-6,15H,4,14H2,1-2H3. The first-order chi connectivity index (χ1) is 9.54. The van der Waals surface area contributed by atoms with Gasteiger partial charge in [0.2, 0.25) is 6.39 Å². The van der Waals surface area contributed by atoms with Crippen LogP contribution in [0, 0.1) is 17.2 Å². The van der Waals surface area contributed by atoms with E-state index in [1.807, 2.05) is 6.07 Å². The van der Waals surface area contributed by atoms with Crippen LogP contribution in [0.15, 0.2) is 10.9 Å². The van der Waals surface area contributed by atoms with Gasteiger partial charge in [0.25, 0.3) is 0 Å². The van der Waals surface area contributed by atoms with Gasteiger partial charge in [0, 0.05) is 5.92 Å². The van der Waals surface area contributed by atoms with Gasteiger partial charge in [0.15, 0.2) is 11.6 Å². The Labute approximate surface area is 119 Å². The van der Waals surface area contributed by atoms with Crippen LogP contribution in [0.4, 0.5) is 10.7 Å². The van der Waals surface area contributed by atoms with Gasteiger partial charge in [-0.05, 0) is 0 Å². The SMILES string of the molecule is CC(C)C(=O)c1sc(NCc2ncon2)c(C#N)c1N. The Kier molecular flexibility index (Phi) is 4.00. The third kappa shape index (κ3) is 2.62. The van der Waals surface area contributed by atoms with E-state index in [-0.39, 0.29) is 23.0 Å². The molecule has 0 fully saturated rings. The third-order valence-corrected chi connectivity index (χ3v) is 3.80. The summed E-state index contributed by atoms with van der Waals surface area (Å²) in [6, 6.07) is 2.01. The molecule has 0 aliphatic carbocycles. The second-order valence-corrected chi connectivity index (χ2v) is 5.40. The van der Waals surface area contributed by atoms with Crippen LogP contribution in [0.2, 0.25) is 0 Å². The fourth-order valence-corrected chi connectivity index (χ4v) is 2.71. The van der Waals surface area contributed by atoms with E-state index in [4.69, 9.17) is 11.0 Å². The number of nitrogens with one attached hydrogen (secondary N) is 1. The first kappa shape index (κ1) is 14.0. The minimum absolute atomic E-state index is 0.0726. The molecule has 0 radical (unpaired) electrons. The summed E-state index contributed by atoms with van der Waals surface area (Å²) in [5.74, 6) is 0.210. The number of aromatic nitrogens is 2. The van der Waals surface area contributed by atoms with Crippen LogP contribution in [-0.4, -0.2) is 15.9 Å². The van der Waals surface area contributed by atoms with E-state index in [0.717, 1.165) is 0 Å². The summed E-state index contributed by atoms with van der Waals surface area (Å²) >= 11 is 1.17. The maximum Gasteiger partial charge on any atom is 0.213 e. The molecule has 2 aromatic rings. The molecular weight excluding hydrogens is 278 g/mol. The maximum absolute atomic E-state index is 12.0. The molecule has 104 valence electrons. The van der Waals surface area contributed by atoms with Gasteiger partial charge >= 0.3 is 0 Å². The minimum Gasteiger partial charge on any atom is -0.396 e. The fraction of sp³-hybridized carbons (Fsp3) is 0.333. The number of nitriles is 1. The zero-order valence-electron chi connectivity index (χ0n) is 11.0. The van der Waals surface area contributed by atoms with Gasteiger partial charge in [-0.2, -0.15) is 10.2 Å². The average molecular weight is 291 g/mol. The molecule has 2 heterocycles. The van der Waals surface area contributed by atoms with E-state index in [1.165, 1.54) is 17.7 Å². The van der Waals surface area contributed by atoms with Crippen molar-refractivity contribution in [2.75, 3.05) is 11.1 Å². The van der Waals surface area contributed by atoms with Crippen molar-refractivity contribution in [1.82, 2.24) is 10.1 Å². The third-order valence-electron chi connectivity index (χ3n) is 2.62. The van der Waals surface area contributed by atoms with Crippen LogP contribution >= 0.6 is 11.3 Å². The number of nitrogens with zero attached hydrogens (tertiary/aromatic N) is 3. The molecule has 3 N–H and O–H groups in total. The quantitative estimate of drug-likeness (QED) is 0.809. The van der Waals surface area contributed by atoms with Gasteiger partial charge in [0.1, 0.15) is 16.6 Å². The van der Waals surface area contributed by atoms with E-state index in [9.17, 15) is 4.79 Å². The Morgan fingerprint density at radius 2 is 2.40 bits per heavy atom. The van der Waals surface area contributed by atoms with Crippen LogP contribution < -0.4 is 11.1 Å². The number of rotatable bonds is 5. The molecule has 0 atom stereocenters. The highest BCUT2D eigenvalue weighted by Crippen LogP contribution is 2.36. The second-order valence-electron chi connectivity index (χ2n) is 4.38. The lowest BCUT2D eigenvalue weighted by Crippen LogP contribution is -2.07. The predicted molar refractivity (Wildman–Crippen MR) is 74.2 cm³/mol. The molecule has 0 aliphatic heterocycles. The molecule has 8 heteroatoms. The van der Waals surface area contributed by atoms with Crippen molar-refractivity contribution in [2.24, 2.45) is 5.92 Å². The summed E-state index contributed by atoms with van der Waals surface area (Å²) in [5.41, 5.74) is 6.39. The van der Waals surface area contributed by atoms with Crippen LogP contribution in [0.1, 0.15) is 34.9 Å². The monoisotopic (exact) mass is 291 g/mol. The number of hydrogen-bond acceptors (Lipinski definition) is 8. The predicted octanol–water partition coefficient (Wildman–Crippen LogP) is 2.04. The van der Waals surface area contributed by atoms with E-state index in [2.05, 4.69) is 20.0 Å². The largest absolute Gasteiger partial charge is 0.396 e. The molecule has 20 heavy (non-hydrogen) atoms. The van der Waals surface area contributed by atoms with Crippen LogP contribution in [0.5, 0.6) is 0 Å². The number of nitrogens with two attached hydrogens (primary N) is 1. The summed E-state index contributed by atoms with van der Waals surface area (Å²) in [6.45, 7) is 3.88. The minimum atomic E-state index is -0.174. The van der Waals surface area contributed by atoms with E-state index in [1.54, 1.807) is 13.8 Å². The van der Waals surface area contributed by atoms with Gasteiger partial charge < -0.3 is 15.6 Å². The van der Waals surface area contributed by atoms with Gasteiger partial charge in [-0.15, -0.1) is 11.3 Å². The van der Waals surface area contributed by atoms with Crippen molar-refractivity contribution < 1.29 is 9.32 Å². The van der Waals surface area contributed by atoms with Gasteiger partial charge in [-0.1, -0.05) is 19.0 Å². The van der Waals surface area contributed by atoms with Gasteiger partial charge in [-0.25, -0.2) is 0 Å². The second kappa shape index (κ2) is 5.71. The zero-order chi connectivity index (χ0) is 14.7. The normalized spacial score (nSPS) is 10.5. The van der Waals surface area contributed by atoms with E-state index < -0.39 is 0 Å². The number of nitrogen functional groups attached to an aromatic ring is 1. The molecule has 0 saturated heterocycles. The molecule has 0 spiro atoms. The Hall–Kier alpha value is -2.40. The first-order valence-electron chi connectivity index (χ1n) is 5.90. The first-order valence-corrected chi connectivity index (χ1v) is 6.72. The van der Waals surface area contributed by atoms with Crippen LogP contribution in [0.25, 0.3) is 0 Å². The topological polar surface area (TPSA) is 118 Å². The summed E-state index contributed by atoms with van der Waals surface area (Å²) in [4.78, 5) is 16.3. The Bertz CT molecular complexity index is 654. The maximum atomic E-state index is 12.0. The summed E-state index contributed by atoms with van der Waals surface area (Å²) in [7, 11) is 0. The molecule has 0 unspecified atom stereocenters. The summed E-state index contributed by atoms with van der Waals surface area (Å²) < 4.78 is 4.62. The molecule has 0 amide bonds. The fourth-order valence-electron chi connectivity index (χ4n) is 1.55. The van der Waals surface area contributed by atoms with Crippen LogP contribution in [-0.2, 0) is 6.54 Å². The summed E-state index contributed by atoms with van der Waals surface area (Å²) in [6.07, 6.45) is 1.22. The molecule has 0 aliphatic rings. The van der Waals surface area contributed by atoms with Crippen LogP contribution in [0.3, 0.4) is 0 Å². The molecule has 0 aromatic carbocycles. The molecule has 2 rings (SSSR count). The number of carbonyl (C=O) groups is 1. The van der Waals surface area contributed by atoms with Crippen molar-refractivity contribution in [3.63, 3.8) is 0 Å². The van der Waals surface area contributed by atoms with Gasteiger partial charge in [-0.3, -0.25) is 4.79 Å². The zero-order valence-corrected chi connectivity index (χ0v) is 11.8. The molecule has 7 nitrogen and oxygen atoms in total. The number of carbonyl (C=O) groups excluding carboxylic acids is 1. The lowest BCUT2D eigenvalue weighted by atomic mass is 10.1. The van der Waals surface area contributed by atoms with Crippen molar-refractivity contribution in [3.05, 3.63) is 22.7 Å². The van der Waals surface area contributed by atoms with Crippen molar-refractivity contribution >= 4 is 27.8 Å². The molecule has 2 aromatic heterocycles. The molecule has 0 bridgehead atoms. The lowest BCUT2D eigenvalue weighted by molar-refractivity contribution is 0.0944. The lowest BCUT2D eigenvalue weighted by Gasteiger charge is -2.01. The highest BCUT2D eigenvalue weighted by molar-refractivity contribution is 7.19. The van der Waals surface area contributed by atoms with E-state index in [0.29, 0.717) is 22.2 Å². The van der Waals surface area contributed by atoms with E-state index >= 15 is 0 Å². The molecular formula is C12H13N5O2S. The van der Waals surface area contributed by atoms with Crippen molar-refractivity contribution in [3.8, 4) is 6.07 Å². The Balaban J connectivity index is 2.27.